The standard InChI is InChI=1S/C23H25F6N3S.2ClH/c24-22(25,26)8-11-31-14-12-30(13-15-31)9-3-10-32-18-4-1-2-5-20(18)33-21-7-6-17(16-19(21)32)23(27,28)29;;/h1-2,4-7,16H,3,8-15H2;2*1H. The van der Waals surface area contributed by atoms with E-state index < -0.39 is 24.3 Å². The molecular formula is C23H27Cl2F6N3S. The van der Waals surface area contributed by atoms with Crippen molar-refractivity contribution in [1.29, 1.82) is 0 Å². The van der Waals surface area contributed by atoms with E-state index in [0.717, 1.165) is 34.5 Å². The number of fused-ring (bicyclic) bond motifs is 2. The molecule has 0 N–H and O–H groups in total. The second-order valence-electron chi connectivity index (χ2n) is 8.30. The molecule has 0 unspecified atom stereocenters. The summed E-state index contributed by atoms with van der Waals surface area (Å²) in [4.78, 5) is 7.79. The summed E-state index contributed by atoms with van der Waals surface area (Å²) in [6, 6.07) is 11.6. The molecule has 2 aliphatic heterocycles. The van der Waals surface area contributed by atoms with E-state index in [9.17, 15) is 26.3 Å². The van der Waals surface area contributed by atoms with Crippen LogP contribution in [0, 0.1) is 0 Å². The maximum absolute atomic E-state index is 13.3. The van der Waals surface area contributed by atoms with E-state index in [4.69, 9.17) is 0 Å². The molecule has 196 valence electrons. The van der Waals surface area contributed by atoms with Crippen LogP contribution in [0.2, 0.25) is 0 Å². The summed E-state index contributed by atoms with van der Waals surface area (Å²) in [7, 11) is 0. The molecule has 0 amide bonds. The highest BCUT2D eigenvalue weighted by Gasteiger charge is 2.33. The molecule has 4 rings (SSSR count). The van der Waals surface area contributed by atoms with Gasteiger partial charge in [0.1, 0.15) is 0 Å². The van der Waals surface area contributed by atoms with Crippen LogP contribution in [0.1, 0.15) is 18.4 Å². The summed E-state index contributed by atoms with van der Waals surface area (Å²) in [6.07, 6.45) is -8.60. The fraction of sp³-hybridized carbons (Fsp3) is 0.478. The molecule has 2 aliphatic rings. The maximum Gasteiger partial charge on any atom is 0.416 e. The van der Waals surface area contributed by atoms with Crippen LogP contribution >= 0.6 is 36.6 Å². The van der Waals surface area contributed by atoms with Crippen molar-refractivity contribution >= 4 is 48.0 Å². The molecule has 2 heterocycles. The van der Waals surface area contributed by atoms with Crippen molar-refractivity contribution < 1.29 is 26.3 Å². The highest BCUT2D eigenvalue weighted by molar-refractivity contribution is 7.99. The van der Waals surface area contributed by atoms with Crippen molar-refractivity contribution in [2.75, 3.05) is 50.7 Å². The van der Waals surface area contributed by atoms with Crippen molar-refractivity contribution in [3.63, 3.8) is 0 Å². The first kappa shape index (κ1) is 29.9. The van der Waals surface area contributed by atoms with Gasteiger partial charge in [-0.3, -0.25) is 0 Å². The van der Waals surface area contributed by atoms with Gasteiger partial charge in [-0.2, -0.15) is 26.3 Å². The Morgan fingerprint density at radius 2 is 1.31 bits per heavy atom. The molecule has 2 aromatic carbocycles. The summed E-state index contributed by atoms with van der Waals surface area (Å²) < 4.78 is 77.3. The largest absolute Gasteiger partial charge is 0.416 e. The number of piperazine rings is 1. The smallest absolute Gasteiger partial charge is 0.340 e. The maximum atomic E-state index is 13.3. The normalized spacial score (nSPS) is 16.7. The van der Waals surface area contributed by atoms with Crippen LogP contribution in [-0.2, 0) is 6.18 Å². The first-order chi connectivity index (χ1) is 15.6. The number of halogens is 8. The number of hydrogen-bond donors (Lipinski definition) is 0. The Balaban J connectivity index is 0.00000216. The highest BCUT2D eigenvalue weighted by Crippen LogP contribution is 2.49. The Morgan fingerprint density at radius 3 is 1.94 bits per heavy atom. The van der Waals surface area contributed by atoms with Crippen LogP contribution in [0.4, 0.5) is 37.7 Å². The average molecular weight is 562 g/mol. The van der Waals surface area contributed by atoms with E-state index in [1.165, 1.54) is 23.9 Å². The first-order valence-electron chi connectivity index (χ1n) is 10.9. The van der Waals surface area contributed by atoms with Crippen LogP contribution in [0.15, 0.2) is 52.3 Å². The van der Waals surface area contributed by atoms with Gasteiger partial charge in [0.2, 0.25) is 0 Å². The van der Waals surface area contributed by atoms with E-state index in [1.54, 1.807) is 0 Å². The lowest BCUT2D eigenvalue weighted by molar-refractivity contribution is -0.139. The summed E-state index contributed by atoms with van der Waals surface area (Å²) in [5, 5.41) is 0. The van der Waals surface area contributed by atoms with Crippen molar-refractivity contribution in [2.45, 2.75) is 35.0 Å². The van der Waals surface area contributed by atoms with Gasteiger partial charge in [0.25, 0.3) is 0 Å². The Hall–Kier alpha value is -1.33. The third-order valence-electron chi connectivity index (χ3n) is 5.99. The molecule has 1 fully saturated rings. The monoisotopic (exact) mass is 561 g/mol. The van der Waals surface area contributed by atoms with Crippen LogP contribution in [0.3, 0.4) is 0 Å². The second-order valence-corrected chi connectivity index (χ2v) is 9.39. The molecule has 0 atom stereocenters. The molecule has 0 aromatic heterocycles. The molecule has 0 spiro atoms. The fourth-order valence-corrected chi connectivity index (χ4v) is 5.30. The molecule has 0 radical (unpaired) electrons. The van der Waals surface area contributed by atoms with Crippen LogP contribution in [0.25, 0.3) is 0 Å². The van der Waals surface area contributed by atoms with Gasteiger partial charge in [0, 0.05) is 49.1 Å². The van der Waals surface area contributed by atoms with Crippen molar-refractivity contribution in [3.8, 4) is 0 Å². The minimum absolute atomic E-state index is 0. The molecular weight excluding hydrogens is 535 g/mol. The van der Waals surface area contributed by atoms with E-state index in [2.05, 4.69) is 4.90 Å². The number of para-hydroxylation sites is 1. The zero-order valence-electron chi connectivity index (χ0n) is 18.7. The quantitative estimate of drug-likeness (QED) is 0.347. The van der Waals surface area contributed by atoms with Gasteiger partial charge in [-0.25, -0.2) is 0 Å². The van der Waals surface area contributed by atoms with Gasteiger partial charge in [-0.1, -0.05) is 23.9 Å². The van der Waals surface area contributed by atoms with Crippen molar-refractivity contribution in [3.05, 3.63) is 48.0 Å². The van der Waals surface area contributed by atoms with Gasteiger partial charge in [-0.05, 0) is 43.3 Å². The Labute approximate surface area is 217 Å². The Bertz CT molecular complexity index is 965. The Kier molecular flexibility index (Phi) is 10.5. The number of rotatable bonds is 6. The SMILES string of the molecule is Cl.Cl.FC(F)(F)CCN1CCN(CCCN2c3ccccc3Sc3ccc(C(F)(F)F)cc32)CC1. The number of hydrogen-bond acceptors (Lipinski definition) is 4. The molecule has 1 saturated heterocycles. The molecule has 3 nitrogen and oxygen atoms in total. The predicted octanol–water partition coefficient (Wildman–Crippen LogP) is 7.11. The van der Waals surface area contributed by atoms with Crippen molar-refractivity contribution in [1.82, 2.24) is 9.80 Å². The molecule has 0 aliphatic carbocycles. The van der Waals surface area contributed by atoms with Gasteiger partial charge in [0.05, 0.1) is 23.4 Å². The van der Waals surface area contributed by atoms with Crippen LogP contribution < -0.4 is 4.90 Å². The summed E-state index contributed by atoms with van der Waals surface area (Å²) in [5.74, 6) is 0. The lowest BCUT2D eigenvalue weighted by Crippen LogP contribution is -2.47. The molecule has 35 heavy (non-hydrogen) atoms. The lowest BCUT2D eigenvalue weighted by atomic mass is 10.1. The molecule has 0 bridgehead atoms. The topological polar surface area (TPSA) is 9.72 Å². The van der Waals surface area contributed by atoms with Gasteiger partial charge >= 0.3 is 12.4 Å². The first-order valence-corrected chi connectivity index (χ1v) is 11.7. The summed E-state index contributed by atoms with van der Waals surface area (Å²) in [6.45, 7) is 3.90. The van der Waals surface area contributed by atoms with E-state index in [1.807, 2.05) is 34.1 Å². The van der Waals surface area contributed by atoms with E-state index in [-0.39, 0.29) is 31.4 Å². The molecule has 12 heteroatoms. The number of benzene rings is 2. The van der Waals surface area contributed by atoms with Gasteiger partial charge in [0.15, 0.2) is 0 Å². The zero-order valence-corrected chi connectivity index (χ0v) is 21.2. The summed E-state index contributed by atoms with van der Waals surface area (Å²) in [5.41, 5.74) is 0.790. The number of anilines is 2. The predicted molar refractivity (Wildman–Crippen MR) is 132 cm³/mol. The lowest BCUT2D eigenvalue weighted by Gasteiger charge is -2.36. The Morgan fingerprint density at radius 1 is 0.714 bits per heavy atom. The summed E-state index contributed by atoms with van der Waals surface area (Å²) >= 11 is 1.47. The second kappa shape index (κ2) is 12.3. The number of nitrogens with zero attached hydrogens (tertiary/aromatic N) is 3. The third-order valence-corrected chi connectivity index (χ3v) is 7.12. The molecule has 2 aromatic rings. The van der Waals surface area contributed by atoms with Crippen molar-refractivity contribution in [2.24, 2.45) is 0 Å². The molecule has 0 saturated carbocycles. The highest BCUT2D eigenvalue weighted by atomic mass is 35.5. The van der Waals surface area contributed by atoms with E-state index >= 15 is 0 Å². The fourth-order valence-electron chi connectivity index (χ4n) is 4.22. The van der Waals surface area contributed by atoms with Gasteiger partial charge < -0.3 is 14.7 Å². The van der Waals surface area contributed by atoms with Crippen LogP contribution in [-0.4, -0.2) is 61.8 Å². The van der Waals surface area contributed by atoms with E-state index in [0.29, 0.717) is 38.4 Å². The minimum Gasteiger partial charge on any atom is -0.340 e. The average Bonchev–Trinajstić information content (AvgIpc) is 2.76. The minimum atomic E-state index is -4.41. The zero-order chi connectivity index (χ0) is 23.6. The number of alkyl halides is 6. The third kappa shape index (κ3) is 7.82. The van der Waals surface area contributed by atoms with Crippen LogP contribution in [0.5, 0.6) is 0 Å². The van der Waals surface area contributed by atoms with Gasteiger partial charge in [-0.15, -0.1) is 24.8 Å².